The number of fused-ring (bicyclic) bond motifs is 1. The Bertz CT molecular complexity index is 464. The number of tetrazole rings is 1. The first-order valence-corrected chi connectivity index (χ1v) is 5.27. The molecule has 1 aliphatic heterocycles. The fourth-order valence-electron chi connectivity index (χ4n) is 1.86. The van der Waals surface area contributed by atoms with Crippen LogP contribution in [0.25, 0.3) is 0 Å². The topological polar surface area (TPSA) is 97.2 Å². The number of hydrogen-bond donors (Lipinski definition) is 2. The monoisotopic (exact) mass is 256 g/mol. The minimum Gasteiger partial charge on any atom is -0.315 e. The molecule has 2 N–H and O–H groups in total. The third-order valence-corrected chi connectivity index (χ3v) is 2.65. The Balaban J connectivity index is 0.00000108. The summed E-state index contributed by atoms with van der Waals surface area (Å²) in [7, 11) is 0. The first-order valence-electron chi connectivity index (χ1n) is 5.27. The van der Waals surface area contributed by atoms with E-state index in [2.05, 4.69) is 40.7 Å². The summed E-state index contributed by atoms with van der Waals surface area (Å²) < 4.78 is 2.14. The van der Waals surface area contributed by atoms with Gasteiger partial charge in [0.05, 0.1) is 6.42 Å². The minimum atomic E-state index is 0. The largest absolute Gasteiger partial charge is 0.315 e. The van der Waals surface area contributed by atoms with E-state index in [0.29, 0.717) is 12.2 Å². The average Bonchev–Trinajstić information content (AvgIpc) is 2.86. The lowest BCUT2D eigenvalue weighted by molar-refractivity contribution is 0.620. The Morgan fingerprint density at radius 3 is 2.94 bits per heavy atom. The summed E-state index contributed by atoms with van der Waals surface area (Å²) in [5.74, 6) is 2.58. The van der Waals surface area contributed by atoms with Crippen molar-refractivity contribution in [1.82, 2.24) is 40.7 Å². The van der Waals surface area contributed by atoms with E-state index in [-0.39, 0.29) is 12.4 Å². The van der Waals surface area contributed by atoms with Gasteiger partial charge < -0.3 is 9.88 Å². The molecule has 0 unspecified atom stereocenters. The van der Waals surface area contributed by atoms with Crippen LogP contribution >= 0.6 is 12.4 Å². The molecule has 0 fully saturated rings. The fraction of sp³-hybridized carbons (Fsp3) is 0.625. The van der Waals surface area contributed by atoms with E-state index in [1.54, 1.807) is 0 Å². The van der Waals surface area contributed by atoms with Crippen molar-refractivity contribution >= 4 is 12.4 Å². The summed E-state index contributed by atoms with van der Waals surface area (Å²) in [6.07, 6.45) is 1.49. The minimum absolute atomic E-state index is 0. The second-order valence-electron chi connectivity index (χ2n) is 3.69. The van der Waals surface area contributed by atoms with E-state index in [9.17, 15) is 0 Å². The van der Waals surface area contributed by atoms with Crippen molar-refractivity contribution in [2.75, 3.05) is 13.1 Å². The Labute approximate surface area is 104 Å². The van der Waals surface area contributed by atoms with Crippen molar-refractivity contribution in [3.8, 4) is 0 Å². The summed E-state index contributed by atoms with van der Waals surface area (Å²) in [5, 5.41) is 25.5. The third-order valence-electron chi connectivity index (χ3n) is 2.65. The van der Waals surface area contributed by atoms with Crippen LogP contribution in [0.5, 0.6) is 0 Å². The van der Waals surface area contributed by atoms with Crippen LogP contribution in [-0.4, -0.2) is 48.5 Å². The summed E-state index contributed by atoms with van der Waals surface area (Å²) in [4.78, 5) is 0. The van der Waals surface area contributed by atoms with Gasteiger partial charge in [0, 0.05) is 26.1 Å². The molecule has 3 rings (SSSR count). The zero-order valence-electron chi connectivity index (χ0n) is 9.13. The van der Waals surface area contributed by atoms with Gasteiger partial charge in [0.25, 0.3) is 0 Å². The van der Waals surface area contributed by atoms with E-state index in [1.807, 2.05) is 0 Å². The van der Waals surface area contributed by atoms with Gasteiger partial charge in [-0.05, 0) is 0 Å². The number of halogens is 1. The normalized spacial score (nSPS) is 14.8. The molecule has 3 heterocycles. The maximum absolute atomic E-state index is 4.18. The number of aromatic amines is 1. The van der Waals surface area contributed by atoms with Crippen molar-refractivity contribution in [3.63, 3.8) is 0 Å². The van der Waals surface area contributed by atoms with Crippen molar-refractivity contribution in [2.45, 2.75) is 19.4 Å². The van der Waals surface area contributed by atoms with Gasteiger partial charge in [0.15, 0.2) is 5.82 Å². The molecule has 0 radical (unpaired) electrons. The number of H-pyrrole nitrogens is 1. The molecular weight excluding hydrogens is 244 g/mol. The predicted octanol–water partition coefficient (Wildman–Crippen LogP) is -1.05. The first-order chi connectivity index (χ1) is 7.93. The summed E-state index contributed by atoms with van der Waals surface area (Å²) in [6, 6.07) is 0. The highest BCUT2D eigenvalue weighted by molar-refractivity contribution is 5.85. The molecule has 0 atom stereocenters. The van der Waals surface area contributed by atoms with Crippen molar-refractivity contribution < 1.29 is 0 Å². The maximum atomic E-state index is 4.18. The molecule has 0 spiro atoms. The second-order valence-corrected chi connectivity index (χ2v) is 3.69. The van der Waals surface area contributed by atoms with Crippen molar-refractivity contribution in [1.29, 1.82) is 0 Å². The van der Waals surface area contributed by atoms with E-state index in [1.165, 1.54) is 0 Å². The Morgan fingerprint density at radius 2 is 2.12 bits per heavy atom. The van der Waals surface area contributed by atoms with E-state index < -0.39 is 0 Å². The van der Waals surface area contributed by atoms with E-state index >= 15 is 0 Å². The predicted molar refractivity (Wildman–Crippen MR) is 60.8 cm³/mol. The fourth-order valence-corrected chi connectivity index (χ4v) is 1.86. The van der Waals surface area contributed by atoms with Crippen LogP contribution in [0.1, 0.15) is 17.5 Å². The molecule has 2 aromatic rings. The quantitative estimate of drug-likeness (QED) is 0.712. The lowest BCUT2D eigenvalue weighted by atomic mass is 10.3. The smallest absolute Gasteiger partial charge is 0.182 e. The summed E-state index contributed by atoms with van der Waals surface area (Å²) >= 11 is 0. The lowest BCUT2D eigenvalue weighted by Gasteiger charge is -2.04. The zero-order valence-corrected chi connectivity index (χ0v) is 9.94. The Hall–Kier alpha value is -1.54. The number of rotatable bonds is 2. The van der Waals surface area contributed by atoms with Gasteiger partial charge in [-0.25, -0.2) is 0 Å². The van der Waals surface area contributed by atoms with Gasteiger partial charge in [-0.2, -0.15) is 5.21 Å². The van der Waals surface area contributed by atoms with Gasteiger partial charge in [0.1, 0.15) is 11.6 Å². The van der Waals surface area contributed by atoms with Gasteiger partial charge >= 0.3 is 0 Å². The van der Waals surface area contributed by atoms with Crippen LogP contribution in [0.2, 0.25) is 0 Å². The van der Waals surface area contributed by atoms with Crippen LogP contribution in [0.3, 0.4) is 0 Å². The molecule has 0 aromatic carbocycles. The molecule has 8 nitrogen and oxygen atoms in total. The van der Waals surface area contributed by atoms with Crippen molar-refractivity contribution in [2.24, 2.45) is 0 Å². The lowest BCUT2D eigenvalue weighted by Crippen LogP contribution is -2.18. The molecule has 1 aliphatic rings. The van der Waals surface area contributed by atoms with Crippen LogP contribution < -0.4 is 5.32 Å². The van der Waals surface area contributed by atoms with E-state index in [4.69, 9.17) is 0 Å². The zero-order chi connectivity index (χ0) is 10.8. The average molecular weight is 257 g/mol. The molecular formula is C8H13ClN8. The highest BCUT2D eigenvalue weighted by atomic mass is 35.5. The first kappa shape index (κ1) is 11.9. The molecule has 0 amide bonds. The number of hydrogen-bond acceptors (Lipinski definition) is 6. The summed E-state index contributed by atoms with van der Waals surface area (Å²) in [6.45, 7) is 2.81. The molecule has 0 saturated carbocycles. The second kappa shape index (κ2) is 5.19. The highest BCUT2D eigenvalue weighted by Crippen LogP contribution is 2.07. The standard InChI is InChI=1S/C8H12N8.ClH/c1-2-9-3-4-16-7(1)12-13-8(16)5-6-10-14-15-11-6;/h9H,1-5H2,(H,10,11,14,15);1H. The highest BCUT2D eigenvalue weighted by Gasteiger charge is 2.15. The van der Waals surface area contributed by atoms with Crippen molar-refractivity contribution in [3.05, 3.63) is 17.5 Å². The van der Waals surface area contributed by atoms with Crippen LogP contribution in [0.15, 0.2) is 0 Å². The molecule has 0 saturated heterocycles. The molecule has 0 aliphatic carbocycles. The number of aromatic nitrogens is 7. The number of nitrogens with one attached hydrogen (secondary N) is 2. The van der Waals surface area contributed by atoms with Gasteiger partial charge in [0.2, 0.25) is 0 Å². The molecule has 0 bridgehead atoms. The van der Waals surface area contributed by atoms with Crippen LogP contribution in [0, 0.1) is 0 Å². The molecule has 17 heavy (non-hydrogen) atoms. The molecule has 9 heteroatoms. The molecule has 2 aromatic heterocycles. The summed E-state index contributed by atoms with van der Waals surface area (Å²) in [5.41, 5.74) is 0. The van der Waals surface area contributed by atoms with Gasteiger partial charge in [-0.15, -0.1) is 32.8 Å². The van der Waals surface area contributed by atoms with Gasteiger partial charge in [-0.1, -0.05) is 5.21 Å². The Morgan fingerprint density at radius 1 is 1.18 bits per heavy atom. The SMILES string of the molecule is C1Cc2nnc(Cc3nn[nH]n3)n2CCN1.Cl. The van der Waals surface area contributed by atoms with E-state index in [0.717, 1.165) is 37.7 Å². The number of nitrogens with zero attached hydrogens (tertiary/aromatic N) is 6. The third kappa shape index (κ3) is 2.42. The van der Waals surface area contributed by atoms with Crippen LogP contribution in [0.4, 0.5) is 0 Å². The van der Waals surface area contributed by atoms with Gasteiger partial charge in [-0.3, -0.25) is 0 Å². The molecule has 92 valence electrons. The maximum Gasteiger partial charge on any atom is 0.182 e. The van der Waals surface area contributed by atoms with Crippen LogP contribution in [-0.2, 0) is 19.4 Å². The Kier molecular flexibility index (Phi) is 3.64.